The highest BCUT2D eigenvalue weighted by Gasteiger charge is 2.21. The second-order valence-electron chi connectivity index (χ2n) is 6.57. The van der Waals surface area contributed by atoms with E-state index >= 15 is 0 Å². The van der Waals surface area contributed by atoms with Crippen molar-refractivity contribution in [3.8, 4) is 0 Å². The molecule has 0 amide bonds. The SMILES string of the molecule is CN1CCN(C[C@H](Nc2ncnc3[nH]ncc23)c2ccccc2)CC1. The third kappa shape index (κ3) is 3.62. The lowest BCUT2D eigenvalue weighted by molar-refractivity contribution is 0.149. The molecule has 2 aromatic heterocycles. The van der Waals surface area contributed by atoms with Crippen LogP contribution in [0, 0.1) is 0 Å². The molecule has 130 valence electrons. The first kappa shape index (κ1) is 16.0. The Kier molecular flexibility index (Phi) is 4.58. The number of anilines is 1. The second kappa shape index (κ2) is 7.16. The molecule has 7 heteroatoms. The van der Waals surface area contributed by atoms with Gasteiger partial charge in [-0.25, -0.2) is 9.97 Å². The van der Waals surface area contributed by atoms with Crippen LogP contribution in [-0.2, 0) is 0 Å². The van der Waals surface area contributed by atoms with Crippen molar-refractivity contribution in [2.45, 2.75) is 6.04 Å². The quantitative estimate of drug-likeness (QED) is 0.739. The first-order chi connectivity index (χ1) is 12.3. The third-order valence-electron chi connectivity index (χ3n) is 4.80. The van der Waals surface area contributed by atoms with E-state index < -0.39 is 0 Å². The zero-order chi connectivity index (χ0) is 17.1. The maximum absolute atomic E-state index is 4.44. The molecule has 2 N–H and O–H groups in total. The van der Waals surface area contributed by atoms with E-state index in [1.807, 2.05) is 0 Å². The smallest absolute Gasteiger partial charge is 0.160 e. The number of nitrogens with zero attached hydrogens (tertiary/aromatic N) is 5. The van der Waals surface area contributed by atoms with Gasteiger partial charge in [-0.1, -0.05) is 30.3 Å². The summed E-state index contributed by atoms with van der Waals surface area (Å²) in [6.07, 6.45) is 3.34. The standard InChI is InChI=1S/C18H23N7/c1-24-7-9-25(10-8-24)12-16(14-5-3-2-4-6-14)22-17-15-11-21-23-18(15)20-13-19-17/h2-6,11,13,16H,7-10,12H2,1H3,(H2,19,20,21,22,23)/t16-/m0/s1. The lowest BCUT2D eigenvalue weighted by Crippen LogP contribution is -2.46. The van der Waals surface area contributed by atoms with E-state index in [4.69, 9.17) is 0 Å². The van der Waals surface area contributed by atoms with Crippen molar-refractivity contribution >= 4 is 16.9 Å². The van der Waals surface area contributed by atoms with E-state index in [0.717, 1.165) is 49.6 Å². The molecule has 3 heterocycles. The highest BCUT2D eigenvalue weighted by molar-refractivity contribution is 5.85. The second-order valence-corrected chi connectivity index (χ2v) is 6.57. The largest absolute Gasteiger partial charge is 0.361 e. The summed E-state index contributed by atoms with van der Waals surface area (Å²) >= 11 is 0. The van der Waals surface area contributed by atoms with Crippen LogP contribution in [0.3, 0.4) is 0 Å². The number of piperazine rings is 1. The van der Waals surface area contributed by atoms with Gasteiger partial charge >= 0.3 is 0 Å². The van der Waals surface area contributed by atoms with Crippen LogP contribution in [0.25, 0.3) is 11.0 Å². The minimum Gasteiger partial charge on any atom is -0.361 e. The zero-order valence-electron chi connectivity index (χ0n) is 14.4. The van der Waals surface area contributed by atoms with Crippen molar-refractivity contribution in [1.82, 2.24) is 30.0 Å². The number of hydrogen-bond acceptors (Lipinski definition) is 6. The van der Waals surface area contributed by atoms with Gasteiger partial charge in [0.25, 0.3) is 0 Å². The van der Waals surface area contributed by atoms with Gasteiger partial charge in [0, 0.05) is 32.7 Å². The molecule has 1 atom stereocenters. The average molecular weight is 337 g/mol. The first-order valence-electron chi connectivity index (χ1n) is 8.66. The predicted octanol–water partition coefficient (Wildman–Crippen LogP) is 1.75. The number of fused-ring (bicyclic) bond motifs is 1. The summed E-state index contributed by atoms with van der Waals surface area (Å²) in [6, 6.07) is 10.7. The molecule has 3 aromatic rings. The summed E-state index contributed by atoms with van der Waals surface area (Å²) in [7, 11) is 2.18. The summed E-state index contributed by atoms with van der Waals surface area (Å²) in [5.74, 6) is 0.821. The molecular formula is C18H23N7. The van der Waals surface area contributed by atoms with Gasteiger partial charge < -0.3 is 10.2 Å². The molecule has 0 unspecified atom stereocenters. The van der Waals surface area contributed by atoms with Gasteiger partial charge in [0.2, 0.25) is 0 Å². The van der Waals surface area contributed by atoms with Gasteiger partial charge in [0.15, 0.2) is 5.65 Å². The van der Waals surface area contributed by atoms with Crippen LogP contribution in [0.2, 0.25) is 0 Å². The van der Waals surface area contributed by atoms with Crippen LogP contribution in [0.4, 0.5) is 5.82 Å². The molecule has 0 aliphatic carbocycles. The number of rotatable bonds is 5. The van der Waals surface area contributed by atoms with Crippen LogP contribution >= 0.6 is 0 Å². The van der Waals surface area contributed by atoms with E-state index in [1.54, 1.807) is 12.5 Å². The molecule has 0 spiro atoms. The molecular weight excluding hydrogens is 314 g/mol. The monoisotopic (exact) mass is 337 g/mol. The summed E-state index contributed by atoms with van der Waals surface area (Å²) in [4.78, 5) is 13.5. The molecule has 1 aromatic carbocycles. The third-order valence-corrected chi connectivity index (χ3v) is 4.80. The number of hydrogen-bond donors (Lipinski definition) is 2. The molecule has 0 bridgehead atoms. The summed E-state index contributed by atoms with van der Waals surface area (Å²) in [5, 5.41) is 11.5. The zero-order valence-corrected chi connectivity index (χ0v) is 14.4. The molecule has 1 aliphatic rings. The Morgan fingerprint density at radius 1 is 1.12 bits per heavy atom. The van der Waals surface area contributed by atoms with Crippen molar-refractivity contribution in [2.24, 2.45) is 0 Å². The lowest BCUT2D eigenvalue weighted by atomic mass is 10.1. The van der Waals surface area contributed by atoms with Crippen LogP contribution < -0.4 is 5.32 Å². The Balaban J connectivity index is 1.58. The Bertz CT molecular complexity index is 808. The van der Waals surface area contributed by atoms with Crippen LogP contribution in [-0.4, -0.2) is 69.7 Å². The van der Waals surface area contributed by atoms with E-state index in [-0.39, 0.29) is 6.04 Å². The van der Waals surface area contributed by atoms with Crippen molar-refractivity contribution < 1.29 is 0 Å². The number of likely N-dealkylation sites (N-methyl/N-ethyl adjacent to an activating group) is 1. The van der Waals surface area contributed by atoms with Gasteiger partial charge in [-0.2, -0.15) is 5.10 Å². The molecule has 1 saturated heterocycles. The van der Waals surface area contributed by atoms with E-state index in [1.165, 1.54) is 5.56 Å². The van der Waals surface area contributed by atoms with Crippen LogP contribution in [0.15, 0.2) is 42.9 Å². The minimum atomic E-state index is 0.164. The van der Waals surface area contributed by atoms with Gasteiger partial charge in [0.1, 0.15) is 12.1 Å². The average Bonchev–Trinajstić information content (AvgIpc) is 3.13. The fraction of sp³-hybridized carbons (Fsp3) is 0.389. The highest BCUT2D eigenvalue weighted by atomic mass is 15.3. The van der Waals surface area contributed by atoms with Gasteiger partial charge in [-0.15, -0.1) is 0 Å². The predicted molar refractivity (Wildman–Crippen MR) is 98.4 cm³/mol. The number of aromatic nitrogens is 4. The molecule has 1 aliphatic heterocycles. The molecule has 0 radical (unpaired) electrons. The topological polar surface area (TPSA) is 73.0 Å². The summed E-state index contributed by atoms with van der Waals surface area (Å²) in [5.41, 5.74) is 2.01. The Labute approximate surface area is 147 Å². The van der Waals surface area contributed by atoms with Crippen LogP contribution in [0.5, 0.6) is 0 Å². The van der Waals surface area contributed by atoms with Gasteiger partial charge in [0.05, 0.1) is 17.6 Å². The Hall–Kier alpha value is -2.51. The number of aromatic amines is 1. The maximum atomic E-state index is 4.44. The van der Waals surface area contributed by atoms with Crippen molar-refractivity contribution in [3.05, 3.63) is 48.4 Å². The Morgan fingerprint density at radius 2 is 1.92 bits per heavy atom. The van der Waals surface area contributed by atoms with Crippen molar-refractivity contribution in [1.29, 1.82) is 0 Å². The van der Waals surface area contributed by atoms with E-state index in [0.29, 0.717) is 0 Å². The highest BCUT2D eigenvalue weighted by Crippen LogP contribution is 2.24. The molecule has 4 rings (SSSR count). The van der Waals surface area contributed by atoms with Crippen molar-refractivity contribution in [2.75, 3.05) is 45.1 Å². The van der Waals surface area contributed by atoms with Crippen LogP contribution in [0.1, 0.15) is 11.6 Å². The normalized spacial score (nSPS) is 17.6. The van der Waals surface area contributed by atoms with Gasteiger partial charge in [-0.3, -0.25) is 10.00 Å². The molecule has 1 fully saturated rings. The number of H-pyrrole nitrogens is 1. The summed E-state index contributed by atoms with van der Waals surface area (Å²) in [6.45, 7) is 5.35. The lowest BCUT2D eigenvalue weighted by Gasteiger charge is -2.35. The first-order valence-corrected chi connectivity index (χ1v) is 8.66. The fourth-order valence-corrected chi connectivity index (χ4v) is 3.25. The molecule has 0 saturated carbocycles. The molecule has 7 nitrogen and oxygen atoms in total. The van der Waals surface area contributed by atoms with Gasteiger partial charge in [-0.05, 0) is 12.6 Å². The minimum absolute atomic E-state index is 0.164. The number of benzene rings is 1. The summed E-state index contributed by atoms with van der Waals surface area (Å²) < 4.78 is 0. The van der Waals surface area contributed by atoms with E-state index in [2.05, 4.69) is 72.7 Å². The van der Waals surface area contributed by atoms with E-state index in [9.17, 15) is 0 Å². The number of nitrogens with one attached hydrogen (secondary N) is 2. The molecule has 25 heavy (non-hydrogen) atoms. The van der Waals surface area contributed by atoms with Crippen molar-refractivity contribution in [3.63, 3.8) is 0 Å². The maximum Gasteiger partial charge on any atom is 0.160 e. The fourth-order valence-electron chi connectivity index (χ4n) is 3.25. The Morgan fingerprint density at radius 3 is 2.72 bits per heavy atom.